The van der Waals surface area contributed by atoms with E-state index in [0.29, 0.717) is 47.0 Å². The fourth-order valence-corrected chi connectivity index (χ4v) is 5.51. The molecule has 6 nitrogen and oxygen atoms in total. The summed E-state index contributed by atoms with van der Waals surface area (Å²) in [4.78, 5) is 15.7. The molecule has 0 spiro atoms. The summed E-state index contributed by atoms with van der Waals surface area (Å²) in [5.41, 5.74) is 2.80. The second-order valence-corrected chi connectivity index (χ2v) is 10.1. The molecular weight excluding hydrogens is 457 g/mol. The highest BCUT2D eigenvalue weighted by Crippen LogP contribution is 2.52. The van der Waals surface area contributed by atoms with E-state index in [-0.39, 0.29) is 23.8 Å². The van der Waals surface area contributed by atoms with Crippen molar-refractivity contribution in [3.63, 3.8) is 0 Å². The van der Waals surface area contributed by atoms with Gasteiger partial charge in [-0.25, -0.2) is 4.39 Å². The van der Waals surface area contributed by atoms with E-state index in [1.807, 2.05) is 52.2 Å². The maximum absolute atomic E-state index is 14.5. The summed E-state index contributed by atoms with van der Waals surface area (Å²) in [6, 6.07) is 18.0. The normalized spacial score (nSPS) is 20.4. The average Bonchev–Trinajstić information content (AvgIpc) is 3.53. The van der Waals surface area contributed by atoms with Gasteiger partial charge in [-0.2, -0.15) is 5.26 Å². The van der Waals surface area contributed by atoms with Crippen LogP contribution < -0.4 is 14.4 Å². The van der Waals surface area contributed by atoms with Gasteiger partial charge in [0.15, 0.2) is 17.3 Å². The van der Waals surface area contributed by atoms with Crippen molar-refractivity contribution < 1.29 is 18.7 Å². The quantitative estimate of drug-likeness (QED) is 0.459. The van der Waals surface area contributed by atoms with Crippen LogP contribution >= 0.6 is 0 Å². The first-order valence-electron chi connectivity index (χ1n) is 11.9. The molecule has 3 heterocycles. The summed E-state index contributed by atoms with van der Waals surface area (Å²) in [6.45, 7) is 4.26. The van der Waals surface area contributed by atoms with Crippen molar-refractivity contribution in [3.05, 3.63) is 95.2 Å². The van der Waals surface area contributed by atoms with Crippen molar-refractivity contribution in [2.45, 2.75) is 32.6 Å². The van der Waals surface area contributed by atoms with Crippen LogP contribution in [0.2, 0.25) is 0 Å². The number of Topliss-reactive ketones (excluding diaryl/α,β-unsaturated/α-hetero) is 1. The van der Waals surface area contributed by atoms with Gasteiger partial charge in [-0.3, -0.25) is 9.69 Å². The van der Waals surface area contributed by atoms with Crippen molar-refractivity contribution in [2.24, 2.45) is 5.41 Å². The zero-order chi connectivity index (χ0) is 25.0. The summed E-state index contributed by atoms with van der Waals surface area (Å²) in [5.74, 6) is 0.814. The van der Waals surface area contributed by atoms with E-state index in [9.17, 15) is 14.4 Å². The fourth-order valence-electron chi connectivity index (χ4n) is 5.51. The number of hydrogen-bond donors (Lipinski definition) is 0. The molecule has 3 aliphatic rings. The molecule has 0 saturated heterocycles. The molecule has 1 aliphatic carbocycles. The van der Waals surface area contributed by atoms with E-state index in [1.54, 1.807) is 12.1 Å². The van der Waals surface area contributed by atoms with Crippen LogP contribution in [0.1, 0.15) is 38.2 Å². The Morgan fingerprint density at radius 3 is 2.56 bits per heavy atom. The van der Waals surface area contributed by atoms with Crippen LogP contribution in [0.15, 0.2) is 83.8 Å². The molecule has 0 bridgehead atoms. The van der Waals surface area contributed by atoms with Crippen LogP contribution in [0, 0.1) is 22.6 Å². The third-order valence-electron chi connectivity index (χ3n) is 6.96. The fraction of sp³-hybridized carbons (Fsp3) is 0.241. The van der Waals surface area contributed by atoms with Crippen molar-refractivity contribution >= 4 is 17.3 Å². The molecule has 180 valence electrons. The molecule has 7 heteroatoms. The number of carbonyl (C=O) groups excluding carboxylic acids is 1. The molecule has 2 aliphatic heterocycles. The molecule has 1 atom stereocenters. The molecule has 1 aromatic heterocycles. The van der Waals surface area contributed by atoms with Crippen LogP contribution in [0.25, 0.3) is 5.82 Å². The minimum absolute atomic E-state index is 0.00961. The predicted octanol–water partition coefficient (Wildman–Crippen LogP) is 6.00. The third kappa shape index (κ3) is 3.49. The predicted molar refractivity (Wildman–Crippen MR) is 132 cm³/mol. The molecule has 0 saturated carbocycles. The summed E-state index contributed by atoms with van der Waals surface area (Å²) in [6.07, 6.45) is 4.67. The number of hydrogen-bond acceptors (Lipinski definition) is 5. The summed E-state index contributed by atoms with van der Waals surface area (Å²) >= 11 is 0. The Labute approximate surface area is 208 Å². The van der Waals surface area contributed by atoms with E-state index < -0.39 is 5.92 Å². The lowest BCUT2D eigenvalue weighted by atomic mass is 9.68. The lowest BCUT2D eigenvalue weighted by molar-refractivity contribution is -0.118. The number of halogens is 1. The standard InChI is InChI=1S/C29H24FN3O3/c1-29(2)14-22-27(23(34)15-29)26(18-8-9-24-25(12-18)36-17-35-24)21(16-31)28(32-10-3-4-11-32)33(22)20-7-5-6-19(30)13-20/h3-13,26H,14-15,17H2,1-2H3/t26-/m1/s1. The van der Waals surface area contributed by atoms with Gasteiger partial charge in [0.25, 0.3) is 0 Å². The SMILES string of the molecule is CC1(C)CC(=O)C2=C(C1)N(c1cccc(F)c1)C(n1cccc1)=C(C#N)[C@H]2c1ccc2c(c1)OCO2. The number of allylic oxidation sites excluding steroid dienone is 3. The number of fused-ring (bicyclic) bond motifs is 1. The highest BCUT2D eigenvalue weighted by Gasteiger charge is 2.45. The van der Waals surface area contributed by atoms with Crippen LogP contribution in [-0.2, 0) is 4.79 Å². The van der Waals surface area contributed by atoms with E-state index in [0.717, 1.165) is 11.3 Å². The Balaban J connectivity index is 1.67. The summed E-state index contributed by atoms with van der Waals surface area (Å²) in [7, 11) is 0. The molecular formula is C29H24FN3O3. The van der Waals surface area contributed by atoms with Gasteiger partial charge in [-0.05, 0) is 59.9 Å². The van der Waals surface area contributed by atoms with Gasteiger partial charge < -0.3 is 14.0 Å². The number of anilines is 1. The average molecular weight is 482 g/mol. The van der Waals surface area contributed by atoms with Gasteiger partial charge in [0, 0.05) is 30.1 Å². The van der Waals surface area contributed by atoms with Gasteiger partial charge in [0.2, 0.25) is 6.79 Å². The summed E-state index contributed by atoms with van der Waals surface area (Å²) in [5, 5.41) is 10.6. The Kier molecular flexibility index (Phi) is 5.01. The lowest BCUT2D eigenvalue weighted by Gasteiger charge is -2.44. The molecule has 6 rings (SSSR count). The number of nitriles is 1. The zero-order valence-electron chi connectivity index (χ0n) is 20.0. The number of carbonyl (C=O) groups is 1. The smallest absolute Gasteiger partial charge is 0.231 e. The molecule has 2 aromatic carbocycles. The number of aromatic nitrogens is 1. The number of benzene rings is 2. The molecule has 0 fully saturated rings. The zero-order valence-corrected chi connectivity index (χ0v) is 20.0. The van der Waals surface area contributed by atoms with E-state index in [2.05, 4.69) is 19.9 Å². The van der Waals surface area contributed by atoms with E-state index in [4.69, 9.17) is 9.47 Å². The molecule has 3 aromatic rings. The first-order chi connectivity index (χ1) is 17.4. The van der Waals surface area contributed by atoms with Crippen LogP contribution in [0.5, 0.6) is 11.5 Å². The Morgan fingerprint density at radius 1 is 1.03 bits per heavy atom. The lowest BCUT2D eigenvalue weighted by Crippen LogP contribution is -2.40. The Morgan fingerprint density at radius 2 is 1.81 bits per heavy atom. The van der Waals surface area contributed by atoms with Gasteiger partial charge in [0.05, 0.1) is 23.2 Å². The molecule has 0 radical (unpaired) electrons. The Hall–Kier alpha value is -4.31. The van der Waals surface area contributed by atoms with Crippen molar-refractivity contribution in [2.75, 3.05) is 11.7 Å². The molecule has 0 amide bonds. The van der Waals surface area contributed by atoms with E-state index in [1.165, 1.54) is 12.1 Å². The molecule has 0 N–H and O–H groups in total. The van der Waals surface area contributed by atoms with Crippen LogP contribution in [0.4, 0.5) is 10.1 Å². The highest BCUT2D eigenvalue weighted by molar-refractivity contribution is 6.03. The van der Waals surface area contributed by atoms with Gasteiger partial charge >= 0.3 is 0 Å². The number of rotatable bonds is 3. The van der Waals surface area contributed by atoms with Crippen LogP contribution in [0.3, 0.4) is 0 Å². The first kappa shape index (κ1) is 22.2. The number of ether oxygens (including phenoxy) is 2. The maximum Gasteiger partial charge on any atom is 0.231 e. The topological polar surface area (TPSA) is 67.5 Å². The summed E-state index contributed by atoms with van der Waals surface area (Å²) < 4.78 is 27.4. The van der Waals surface area contributed by atoms with Gasteiger partial charge in [0.1, 0.15) is 11.6 Å². The monoisotopic (exact) mass is 481 g/mol. The van der Waals surface area contributed by atoms with Crippen molar-refractivity contribution in [3.8, 4) is 17.6 Å². The third-order valence-corrected chi connectivity index (χ3v) is 6.96. The largest absolute Gasteiger partial charge is 0.454 e. The van der Waals surface area contributed by atoms with Gasteiger partial charge in [-0.15, -0.1) is 0 Å². The Bertz CT molecular complexity index is 1490. The highest BCUT2D eigenvalue weighted by atomic mass is 19.1. The van der Waals surface area contributed by atoms with Crippen molar-refractivity contribution in [1.29, 1.82) is 5.26 Å². The molecule has 36 heavy (non-hydrogen) atoms. The number of ketones is 1. The second-order valence-electron chi connectivity index (χ2n) is 10.1. The number of nitrogens with zero attached hydrogens (tertiary/aromatic N) is 3. The van der Waals surface area contributed by atoms with E-state index >= 15 is 0 Å². The molecule has 0 unspecified atom stereocenters. The minimum atomic E-state index is -0.592. The first-order valence-corrected chi connectivity index (χ1v) is 11.9. The van der Waals surface area contributed by atoms with Crippen molar-refractivity contribution in [1.82, 2.24) is 4.57 Å². The minimum Gasteiger partial charge on any atom is -0.454 e. The maximum atomic E-state index is 14.5. The van der Waals surface area contributed by atoms with Crippen LogP contribution in [-0.4, -0.2) is 17.1 Å². The van der Waals surface area contributed by atoms with Gasteiger partial charge in [-0.1, -0.05) is 26.0 Å². The second kappa shape index (κ2) is 8.13.